The molecule has 2 aliphatic heterocycles. The van der Waals surface area contributed by atoms with Crippen LogP contribution in [0.4, 0.5) is 0 Å². The number of aliphatic hydroxyl groups excluding tert-OH is 1. The van der Waals surface area contributed by atoms with Crippen LogP contribution >= 0.6 is 0 Å². The highest BCUT2D eigenvalue weighted by Crippen LogP contribution is 2.33. The lowest BCUT2D eigenvalue weighted by atomic mass is 9.96. The van der Waals surface area contributed by atoms with Crippen molar-refractivity contribution in [2.75, 3.05) is 63.0 Å². The van der Waals surface area contributed by atoms with E-state index >= 15 is 0 Å². The Labute approximate surface area is 177 Å². The van der Waals surface area contributed by atoms with Crippen molar-refractivity contribution in [1.82, 2.24) is 0 Å². The van der Waals surface area contributed by atoms with Gasteiger partial charge in [-0.05, 0) is 0 Å². The highest BCUT2D eigenvalue weighted by atomic mass is 16.7. The molecule has 0 aromatic carbocycles. The molecule has 2 aliphatic rings. The van der Waals surface area contributed by atoms with Gasteiger partial charge in [-0.3, -0.25) is 0 Å². The van der Waals surface area contributed by atoms with Crippen molar-refractivity contribution >= 4 is 0 Å². The predicted molar refractivity (Wildman–Crippen MR) is 102 cm³/mol. The molecule has 11 nitrogen and oxygen atoms in total. The smallest absolute Gasteiger partial charge is 0.187 e. The minimum atomic E-state index is -1.20. The molecule has 0 aromatic rings. The summed E-state index contributed by atoms with van der Waals surface area (Å²) in [5.74, 6) is 0. The van der Waals surface area contributed by atoms with E-state index in [1.165, 1.54) is 21.3 Å². The van der Waals surface area contributed by atoms with Gasteiger partial charge < -0.3 is 52.5 Å². The Morgan fingerprint density at radius 2 is 1.03 bits per heavy atom. The second kappa shape index (κ2) is 12.6. The molecule has 10 atom stereocenters. The molecule has 11 heteroatoms. The van der Waals surface area contributed by atoms with Crippen LogP contribution in [0.1, 0.15) is 0 Å². The van der Waals surface area contributed by atoms with E-state index in [4.69, 9.17) is 47.4 Å². The molecule has 0 aromatic heterocycles. The van der Waals surface area contributed by atoms with Crippen LogP contribution in [0.2, 0.25) is 0 Å². The molecule has 178 valence electrons. The largest absolute Gasteiger partial charge is 0.382 e. The Morgan fingerprint density at radius 1 is 0.567 bits per heavy atom. The first-order valence-corrected chi connectivity index (χ1v) is 9.77. The lowest BCUT2D eigenvalue weighted by Crippen LogP contribution is -2.65. The third kappa shape index (κ3) is 5.48. The summed E-state index contributed by atoms with van der Waals surface area (Å²) < 4.78 is 56.6. The summed E-state index contributed by atoms with van der Waals surface area (Å²) in [6.45, 7) is 0.433. The van der Waals surface area contributed by atoms with Crippen molar-refractivity contribution in [3.8, 4) is 0 Å². The van der Waals surface area contributed by atoms with E-state index in [2.05, 4.69) is 0 Å². The van der Waals surface area contributed by atoms with Crippen molar-refractivity contribution in [3.63, 3.8) is 0 Å². The second-order valence-electron chi connectivity index (χ2n) is 7.12. The molecular weight excluding hydrogens is 404 g/mol. The molecule has 0 amide bonds. The topological polar surface area (TPSA) is 113 Å². The third-order valence-electron chi connectivity index (χ3n) is 5.51. The van der Waals surface area contributed by atoms with Crippen LogP contribution < -0.4 is 0 Å². The van der Waals surface area contributed by atoms with E-state index in [9.17, 15) is 5.11 Å². The Bertz CT molecular complexity index is 481. The lowest BCUT2D eigenvalue weighted by molar-refractivity contribution is -0.363. The molecule has 2 heterocycles. The van der Waals surface area contributed by atoms with Gasteiger partial charge in [-0.15, -0.1) is 0 Å². The van der Waals surface area contributed by atoms with E-state index in [1.807, 2.05) is 0 Å². The third-order valence-corrected chi connectivity index (χ3v) is 5.51. The number of aliphatic hydroxyl groups is 1. The van der Waals surface area contributed by atoms with Gasteiger partial charge in [0, 0.05) is 49.8 Å². The van der Waals surface area contributed by atoms with Gasteiger partial charge >= 0.3 is 0 Å². The molecule has 0 spiro atoms. The zero-order chi connectivity index (χ0) is 22.3. The van der Waals surface area contributed by atoms with Crippen molar-refractivity contribution in [2.45, 2.75) is 61.4 Å². The highest BCUT2D eigenvalue weighted by Gasteiger charge is 2.52. The van der Waals surface area contributed by atoms with Gasteiger partial charge in [-0.2, -0.15) is 0 Å². The maximum absolute atomic E-state index is 10.3. The Balaban J connectivity index is 2.31. The Morgan fingerprint density at radius 3 is 1.50 bits per heavy atom. The van der Waals surface area contributed by atoms with Crippen LogP contribution in [0.25, 0.3) is 0 Å². The van der Waals surface area contributed by atoms with Crippen molar-refractivity contribution < 1.29 is 52.5 Å². The van der Waals surface area contributed by atoms with E-state index in [0.29, 0.717) is 0 Å². The second-order valence-corrected chi connectivity index (χ2v) is 7.12. The molecule has 0 aliphatic carbocycles. The fraction of sp³-hybridized carbons (Fsp3) is 1.00. The van der Waals surface area contributed by atoms with Crippen molar-refractivity contribution in [2.24, 2.45) is 0 Å². The first-order valence-electron chi connectivity index (χ1n) is 9.77. The van der Waals surface area contributed by atoms with E-state index < -0.39 is 61.4 Å². The maximum atomic E-state index is 10.3. The van der Waals surface area contributed by atoms with Gasteiger partial charge in [0.15, 0.2) is 12.6 Å². The summed E-state index contributed by atoms with van der Waals surface area (Å²) in [5, 5.41) is 10.3. The number of hydrogen-bond donors (Lipinski definition) is 1. The summed E-state index contributed by atoms with van der Waals surface area (Å²) in [6, 6.07) is 0. The quantitative estimate of drug-likeness (QED) is 0.435. The molecule has 4 unspecified atom stereocenters. The van der Waals surface area contributed by atoms with Crippen LogP contribution in [0, 0.1) is 0 Å². The molecule has 2 saturated heterocycles. The molecule has 1 N–H and O–H groups in total. The summed E-state index contributed by atoms with van der Waals surface area (Å²) in [5.41, 5.74) is 0. The van der Waals surface area contributed by atoms with Crippen LogP contribution in [0.15, 0.2) is 0 Å². The summed E-state index contributed by atoms with van der Waals surface area (Å²) in [7, 11) is 10.8. The molecule has 2 rings (SSSR count). The van der Waals surface area contributed by atoms with Gasteiger partial charge in [0.05, 0.1) is 13.2 Å². The molecule has 0 radical (unpaired) electrons. The zero-order valence-corrected chi connectivity index (χ0v) is 18.7. The molecule has 30 heavy (non-hydrogen) atoms. The number of hydrogen-bond acceptors (Lipinski definition) is 11. The number of rotatable bonds is 11. The van der Waals surface area contributed by atoms with Gasteiger partial charge in [-0.25, -0.2) is 0 Å². The molecule has 2 fully saturated rings. The first-order chi connectivity index (χ1) is 14.5. The van der Waals surface area contributed by atoms with E-state index in [0.717, 1.165) is 0 Å². The summed E-state index contributed by atoms with van der Waals surface area (Å²) in [6.07, 6.45) is -6.77. The SMILES string of the molecule is COCC1O[C@@H](O[C@H]2C(OC)C(OC)[C@H](O)O[C@H]2COC)C(OC)[C@@H](OC)[C@@H]1OC. The normalized spacial score (nSPS) is 42.4. The fourth-order valence-corrected chi connectivity index (χ4v) is 4.12. The zero-order valence-electron chi connectivity index (χ0n) is 18.7. The molecular formula is C19H36O11. The van der Waals surface area contributed by atoms with Crippen molar-refractivity contribution in [3.05, 3.63) is 0 Å². The lowest BCUT2D eigenvalue weighted by Gasteiger charge is -2.48. The first kappa shape index (κ1) is 25.8. The summed E-state index contributed by atoms with van der Waals surface area (Å²) in [4.78, 5) is 0. The fourth-order valence-electron chi connectivity index (χ4n) is 4.12. The minimum absolute atomic E-state index is 0.165. The molecule has 0 saturated carbocycles. The van der Waals surface area contributed by atoms with Crippen LogP contribution in [0.5, 0.6) is 0 Å². The van der Waals surface area contributed by atoms with Crippen LogP contribution in [-0.4, -0.2) is 130 Å². The van der Waals surface area contributed by atoms with Gasteiger partial charge in [-0.1, -0.05) is 0 Å². The predicted octanol–water partition coefficient (Wildman–Crippen LogP) is -0.818. The van der Waals surface area contributed by atoms with Crippen molar-refractivity contribution in [1.29, 1.82) is 0 Å². The average molecular weight is 440 g/mol. The van der Waals surface area contributed by atoms with E-state index in [-0.39, 0.29) is 13.2 Å². The number of ether oxygens (including phenoxy) is 10. The standard InChI is InChI=1S/C19H36O11/c1-21-8-10-12(23-3)14(24-4)17(27-7)19(29-10)30-13-11(9-22-2)28-18(20)16(26-6)15(13)25-5/h10-20H,8-9H2,1-7H3/t10?,11-,12+,13+,14-,15?,16?,17?,18+,19-/m0/s1. The Kier molecular flexibility index (Phi) is 10.8. The van der Waals surface area contributed by atoms with Crippen LogP contribution in [-0.2, 0) is 47.4 Å². The molecule has 0 bridgehead atoms. The van der Waals surface area contributed by atoms with E-state index in [1.54, 1.807) is 28.4 Å². The maximum Gasteiger partial charge on any atom is 0.187 e. The monoisotopic (exact) mass is 440 g/mol. The van der Waals surface area contributed by atoms with Gasteiger partial charge in [0.2, 0.25) is 0 Å². The summed E-state index contributed by atoms with van der Waals surface area (Å²) >= 11 is 0. The minimum Gasteiger partial charge on any atom is -0.382 e. The average Bonchev–Trinajstić information content (AvgIpc) is 2.74. The highest BCUT2D eigenvalue weighted by molar-refractivity contribution is 4.96. The van der Waals surface area contributed by atoms with Gasteiger partial charge in [0.1, 0.15) is 48.8 Å². The Hall–Kier alpha value is -0.440. The van der Waals surface area contributed by atoms with Crippen LogP contribution in [0.3, 0.4) is 0 Å². The van der Waals surface area contributed by atoms with Gasteiger partial charge in [0.25, 0.3) is 0 Å². The number of methoxy groups -OCH3 is 7.